The lowest BCUT2D eigenvalue weighted by Gasteiger charge is -2.29. The van der Waals surface area contributed by atoms with E-state index in [1.54, 1.807) is 12.1 Å². The first-order valence-corrected chi connectivity index (χ1v) is 12.0. The molecule has 1 aromatic heterocycles. The predicted octanol–water partition coefficient (Wildman–Crippen LogP) is 4.70. The Morgan fingerprint density at radius 1 is 1.15 bits per heavy atom. The highest BCUT2D eigenvalue weighted by Gasteiger charge is 2.25. The molecule has 6 heteroatoms. The van der Waals surface area contributed by atoms with E-state index in [-0.39, 0.29) is 24.0 Å². The van der Waals surface area contributed by atoms with E-state index in [2.05, 4.69) is 28.5 Å². The van der Waals surface area contributed by atoms with E-state index in [4.69, 9.17) is 5.73 Å². The van der Waals surface area contributed by atoms with Gasteiger partial charge in [-0.3, -0.25) is 14.5 Å². The van der Waals surface area contributed by atoms with Crippen LogP contribution < -0.4 is 5.73 Å². The van der Waals surface area contributed by atoms with Gasteiger partial charge in [-0.25, -0.2) is 0 Å². The smallest absolute Gasteiger partial charge is 0.218 e. The summed E-state index contributed by atoms with van der Waals surface area (Å²) in [5, 5.41) is 10.1. The zero-order chi connectivity index (χ0) is 24.4. The van der Waals surface area contributed by atoms with Crippen molar-refractivity contribution in [3.05, 3.63) is 64.8 Å². The molecule has 2 N–H and O–H groups in total. The number of Topliss-reactive ketones (excluding diaryl/α,β-unsaturated/α-hetero) is 1. The predicted molar refractivity (Wildman–Crippen MR) is 134 cm³/mol. The van der Waals surface area contributed by atoms with Crippen LogP contribution in [0.5, 0.6) is 0 Å². The Morgan fingerprint density at radius 3 is 2.44 bits per heavy atom. The Labute approximate surface area is 201 Å². The highest BCUT2D eigenvalue weighted by molar-refractivity contribution is 6.11. The minimum Gasteiger partial charge on any atom is -0.370 e. The van der Waals surface area contributed by atoms with Crippen molar-refractivity contribution in [3.63, 3.8) is 0 Å². The van der Waals surface area contributed by atoms with E-state index < -0.39 is 0 Å². The summed E-state index contributed by atoms with van der Waals surface area (Å²) < 4.78 is 2.09. The second kappa shape index (κ2) is 9.82. The molecule has 1 aliphatic rings. The number of carbonyl (C=O) groups is 2. The molecule has 0 saturated carbocycles. The Balaban J connectivity index is 1.80. The molecule has 176 valence electrons. The maximum Gasteiger partial charge on any atom is 0.218 e. The van der Waals surface area contributed by atoms with Gasteiger partial charge in [0.2, 0.25) is 5.91 Å². The molecule has 3 aromatic rings. The first-order chi connectivity index (χ1) is 16.3. The number of amides is 1. The second-order valence-electron chi connectivity index (χ2n) is 9.68. The zero-order valence-corrected chi connectivity index (χ0v) is 20.2. The van der Waals surface area contributed by atoms with Crippen LogP contribution in [0, 0.1) is 24.2 Å². The highest BCUT2D eigenvalue weighted by atomic mass is 16.1. The second-order valence-corrected chi connectivity index (χ2v) is 9.68. The molecule has 0 radical (unpaired) electrons. The Hall–Kier alpha value is -3.43. The molecular weight excluding hydrogens is 424 g/mol. The summed E-state index contributed by atoms with van der Waals surface area (Å²) in [6.45, 7) is 8.56. The average Bonchev–Trinajstić information content (AvgIpc) is 3.11. The van der Waals surface area contributed by atoms with Crippen molar-refractivity contribution in [2.24, 2.45) is 11.7 Å². The monoisotopic (exact) mass is 456 g/mol. The molecule has 2 aromatic carbocycles. The summed E-state index contributed by atoms with van der Waals surface area (Å²) in [5.74, 6) is 0.480. The number of hydrogen-bond acceptors (Lipinski definition) is 4. The average molecular weight is 457 g/mol. The summed E-state index contributed by atoms with van der Waals surface area (Å²) in [4.78, 5) is 27.3. The SMILES string of the molecule is Cc1c(C(=O)CN2CCC(C)CC2)c2ccc(C(C)CC(N)=O)cc2n1-c1ccc(C#N)cc1. The summed E-state index contributed by atoms with van der Waals surface area (Å²) in [6, 6.07) is 15.6. The van der Waals surface area contributed by atoms with Crippen molar-refractivity contribution in [1.82, 2.24) is 9.47 Å². The minimum atomic E-state index is -0.335. The summed E-state index contributed by atoms with van der Waals surface area (Å²) in [7, 11) is 0. The molecule has 1 amide bonds. The fraction of sp³-hybridized carbons (Fsp3) is 0.393. The van der Waals surface area contributed by atoms with Gasteiger partial charge in [0.25, 0.3) is 0 Å². The highest BCUT2D eigenvalue weighted by Crippen LogP contribution is 2.33. The number of hydrogen-bond donors (Lipinski definition) is 1. The Bertz CT molecular complexity index is 1260. The van der Waals surface area contributed by atoms with E-state index in [0.717, 1.165) is 59.3 Å². The van der Waals surface area contributed by atoms with Gasteiger partial charge in [-0.2, -0.15) is 5.26 Å². The molecule has 1 unspecified atom stereocenters. The first-order valence-electron chi connectivity index (χ1n) is 12.0. The lowest BCUT2D eigenvalue weighted by molar-refractivity contribution is -0.118. The number of nitriles is 1. The largest absolute Gasteiger partial charge is 0.370 e. The van der Waals surface area contributed by atoms with Gasteiger partial charge in [0, 0.05) is 28.8 Å². The molecule has 0 bridgehead atoms. The molecule has 0 spiro atoms. The normalized spacial score (nSPS) is 15.8. The Kier molecular flexibility index (Phi) is 6.85. The molecule has 1 fully saturated rings. The number of carbonyl (C=O) groups excluding carboxylic acids is 2. The van der Waals surface area contributed by atoms with Gasteiger partial charge in [0.15, 0.2) is 5.78 Å². The quantitative estimate of drug-likeness (QED) is 0.522. The van der Waals surface area contributed by atoms with E-state index in [1.807, 2.05) is 38.1 Å². The number of fused-ring (bicyclic) bond motifs is 1. The third-order valence-corrected chi connectivity index (χ3v) is 7.08. The number of ketones is 1. The van der Waals surface area contributed by atoms with E-state index in [9.17, 15) is 14.9 Å². The van der Waals surface area contributed by atoms with Crippen molar-refractivity contribution in [2.75, 3.05) is 19.6 Å². The van der Waals surface area contributed by atoms with Gasteiger partial charge < -0.3 is 10.3 Å². The van der Waals surface area contributed by atoms with Gasteiger partial charge in [0.05, 0.1) is 23.7 Å². The van der Waals surface area contributed by atoms with Crippen LogP contribution in [0.4, 0.5) is 0 Å². The molecule has 6 nitrogen and oxygen atoms in total. The summed E-state index contributed by atoms with van der Waals surface area (Å²) in [5.41, 5.74) is 10.5. The van der Waals surface area contributed by atoms with Gasteiger partial charge in [-0.1, -0.05) is 26.0 Å². The number of benzene rings is 2. The van der Waals surface area contributed by atoms with E-state index >= 15 is 0 Å². The van der Waals surface area contributed by atoms with Crippen LogP contribution in [0.3, 0.4) is 0 Å². The summed E-state index contributed by atoms with van der Waals surface area (Å²) >= 11 is 0. The van der Waals surface area contributed by atoms with Crippen LogP contribution in [-0.2, 0) is 4.79 Å². The lowest BCUT2D eigenvalue weighted by Crippen LogP contribution is -2.36. The van der Waals surface area contributed by atoms with Crippen LogP contribution in [0.25, 0.3) is 16.6 Å². The zero-order valence-electron chi connectivity index (χ0n) is 20.2. The van der Waals surface area contributed by atoms with Crippen molar-refractivity contribution < 1.29 is 9.59 Å². The van der Waals surface area contributed by atoms with E-state index in [1.165, 1.54) is 0 Å². The first kappa shape index (κ1) is 23.7. The fourth-order valence-electron chi connectivity index (χ4n) is 5.03. The number of piperidine rings is 1. The van der Waals surface area contributed by atoms with E-state index in [0.29, 0.717) is 18.0 Å². The van der Waals surface area contributed by atoms with Crippen LogP contribution >= 0.6 is 0 Å². The topological polar surface area (TPSA) is 92.1 Å². The van der Waals surface area contributed by atoms with Crippen LogP contribution in [0.1, 0.15) is 66.2 Å². The summed E-state index contributed by atoms with van der Waals surface area (Å²) in [6.07, 6.45) is 2.52. The number of likely N-dealkylation sites (tertiary alicyclic amines) is 1. The maximum absolute atomic E-state index is 13.6. The number of nitrogens with two attached hydrogens (primary N) is 1. The van der Waals surface area contributed by atoms with Gasteiger partial charge in [-0.05, 0) is 80.6 Å². The minimum absolute atomic E-state index is 0.0268. The molecule has 1 aliphatic heterocycles. The Morgan fingerprint density at radius 2 is 1.82 bits per heavy atom. The van der Waals surface area contributed by atoms with Crippen LogP contribution in [0.2, 0.25) is 0 Å². The molecule has 2 heterocycles. The number of primary amides is 1. The lowest BCUT2D eigenvalue weighted by atomic mass is 9.95. The third-order valence-electron chi connectivity index (χ3n) is 7.08. The third kappa shape index (κ3) is 4.76. The molecule has 34 heavy (non-hydrogen) atoms. The van der Waals surface area contributed by atoms with Gasteiger partial charge >= 0.3 is 0 Å². The fourth-order valence-corrected chi connectivity index (χ4v) is 5.03. The van der Waals surface area contributed by atoms with Crippen molar-refractivity contribution >= 4 is 22.6 Å². The number of aromatic nitrogens is 1. The maximum atomic E-state index is 13.6. The molecule has 0 aliphatic carbocycles. The van der Waals surface area contributed by atoms with Crippen molar-refractivity contribution in [2.45, 2.75) is 46.0 Å². The molecular formula is C28H32N4O2. The van der Waals surface area contributed by atoms with Crippen molar-refractivity contribution in [3.8, 4) is 11.8 Å². The van der Waals surface area contributed by atoms with Crippen LogP contribution in [0.15, 0.2) is 42.5 Å². The number of nitrogens with zero attached hydrogens (tertiary/aromatic N) is 3. The van der Waals surface area contributed by atoms with Crippen LogP contribution in [-0.4, -0.2) is 40.8 Å². The van der Waals surface area contributed by atoms with Gasteiger partial charge in [-0.15, -0.1) is 0 Å². The molecule has 1 atom stereocenters. The van der Waals surface area contributed by atoms with Crippen molar-refractivity contribution in [1.29, 1.82) is 5.26 Å². The standard InChI is InChI=1S/C28H32N4O2/c1-18-10-12-31(13-11-18)17-26(33)28-20(3)32(23-7-4-21(16-29)5-8-23)25-15-22(6-9-24(25)28)19(2)14-27(30)34/h4-9,15,18-19H,10-14,17H2,1-3H3,(H2,30,34). The molecule has 1 saturated heterocycles. The van der Waals surface area contributed by atoms with Gasteiger partial charge in [0.1, 0.15) is 0 Å². The molecule has 4 rings (SSSR count). The number of rotatable bonds is 7.